The summed E-state index contributed by atoms with van der Waals surface area (Å²) in [5.74, 6) is -1.30. The van der Waals surface area contributed by atoms with E-state index in [2.05, 4.69) is 20.3 Å². The number of sulfonamides is 1. The Kier molecular flexibility index (Phi) is 9.70. The number of phenolic OH excluding ortho intramolecular Hbond substituents is 1. The molecular weight excluding hydrogens is 595 g/mol. The maximum absolute atomic E-state index is 13.0. The number of benzene rings is 4. The number of fused-ring (bicyclic) bond motifs is 1. The van der Waals surface area contributed by atoms with Crippen LogP contribution in [0.4, 0.5) is 22.7 Å². The maximum atomic E-state index is 13.0. The van der Waals surface area contributed by atoms with Gasteiger partial charge in [-0.2, -0.15) is 24.1 Å². The van der Waals surface area contributed by atoms with E-state index in [4.69, 9.17) is 5.26 Å². The molecule has 0 bridgehead atoms. The molecule has 0 unspecified atom stereocenters. The van der Waals surface area contributed by atoms with Crippen molar-refractivity contribution in [3.63, 3.8) is 0 Å². The third-order valence-corrected chi connectivity index (χ3v) is 7.01. The second-order valence-electron chi connectivity index (χ2n) is 8.50. The van der Waals surface area contributed by atoms with Crippen molar-refractivity contribution in [1.82, 2.24) is 0 Å². The molecule has 0 fully saturated rings. The van der Waals surface area contributed by atoms with Gasteiger partial charge in [-0.15, -0.1) is 5.11 Å². The Hall–Kier alpha value is -4.35. The number of hydrogen-bond donors (Lipinski definition) is 4. The quantitative estimate of drug-likeness (QED) is 0.103. The summed E-state index contributed by atoms with van der Waals surface area (Å²) in [5, 5.41) is 40.4. The van der Waals surface area contributed by atoms with E-state index in [-0.39, 0.29) is 81.2 Å². The maximum Gasteiger partial charge on any atom is 1.00 e. The molecule has 42 heavy (non-hydrogen) atoms. The van der Waals surface area contributed by atoms with Crippen LogP contribution < -0.4 is 39.6 Å². The summed E-state index contributed by atoms with van der Waals surface area (Å²) in [4.78, 5) is 12.4. The van der Waals surface area contributed by atoms with Crippen LogP contribution in [-0.2, 0) is 20.1 Å². The third kappa shape index (κ3) is 7.29. The van der Waals surface area contributed by atoms with Gasteiger partial charge in [-0.3, -0.25) is 14.1 Å². The van der Waals surface area contributed by atoms with E-state index in [0.717, 1.165) is 18.4 Å². The molecule has 0 aliphatic rings. The van der Waals surface area contributed by atoms with Crippen LogP contribution in [0.1, 0.15) is 22.9 Å². The zero-order valence-corrected chi connectivity index (χ0v) is 25.5. The topological polar surface area (TPSA) is 222 Å². The number of carbonyl (C=O) groups excluding carboxylic acids is 1. The van der Waals surface area contributed by atoms with Crippen molar-refractivity contribution in [1.29, 1.82) is 10.5 Å². The third-order valence-electron chi connectivity index (χ3n) is 5.57. The number of carbonyl (C=O) groups is 1. The van der Waals surface area contributed by atoms with Crippen LogP contribution in [0.3, 0.4) is 0 Å². The van der Waals surface area contributed by atoms with Crippen LogP contribution in [-0.4, -0.2) is 38.7 Å². The molecule has 0 aliphatic heterocycles. The molecule has 4 rings (SSSR count). The summed E-state index contributed by atoms with van der Waals surface area (Å²) in [5.41, 5.74) is 0.0748. The van der Waals surface area contributed by atoms with Crippen LogP contribution >= 0.6 is 0 Å². The summed E-state index contributed by atoms with van der Waals surface area (Å²) in [6.45, 7) is 0. The molecule has 4 aromatic carbocycles. The van der Waals surface area contributed by atoms with Gasteiger partial charge in [-0.05, 0) is 48.5 Å². The van der Waals surface area contributed by atoms with Gasteiger partial charge in [0.15, 0.2) is 0 Å². The molecule has 0 aromatic heterocycles. The molecule has 13 nitrogen and oxygen atoms in total. The van der Waals surface area contributed by atoms with Gasteiger partial charge in [0.05, 0.1) is 45.0 Å². The van der Waals surface area contributed by atoms with Crippen LogP contribution in [0, 0.1) is 22.7 Å². The number of amides is 1. The number of phenols is 1. The van der Waals surface area contributed by atoms with Crippen molar-refractivity contribution >= 4 is 59.6 Å². The Bertz CT molecular complexity index is 2080. The minimum Gasteiger partial charge on any atom is -1.00 e. The van der Waals surface area contributed by atoms with Gasteiger partial charge in [0.25, 0.3) is 16.0 Å². The molecule has 0 heterocycles. The van der Waals surface area contributed by atoms with Crippen molar-refractivity contribution in [2.45, 2.75) is 4.90 Å². The monoisotopic (exact) mass is 614 g/mol. The second-order valence-corrected chi connectivity index (χ2v) is 11.7. The largest absolute Gasteiger partial charge is 1.00 e. The van der Waals surface area contributed by atoms with Crippen molar-refractivity contribution in [2.24, 2.45) is 10.2 Å². The molecule has 0 radical (unpaired) electrons. The molecular formula is C26H19N6NaO7S2. The van der Waals surface area contributed by atoms with Crippen molar-refractivity contribution in [2.75, 3.05) is 16.3 Å². The fourth-order valence-corrected chi connectivity index (χ4v) is 4.89. The molecule has 208 valence electrons. The Balaban J connectivity index is 0.00000323. The first-order chi connectivity index (χ1) is 19.3. The first kappa shape index (κ1) is 32.2. The summed E-state index contributed by atoms with van der Waals surface area (Å²) >= 11 is 0. The van der Waals surface area contributed by atoms with Crippen LogP contribution in [0.15, 0.2) is 81.9 Å². The summed E-state index contributed by atoms with van der Waals surface area (Å²) in [7, 11) is -8.36. The molecule has 4 aromatic rings. The molecule has 16 heteroatoms. The van der Waals surface area contributed by atoms with Crippen LogP contribution in [0.5, 0.6) is 5.75 Å². The number of nitrogens with one attached hydrogen (secondary N) is 2. The van der Waals surface area contributed by atoms with E-state index in [1.165, 1.54) is 54.6 Å². The molecule has 1 amide bonds. The van der Waals surface area contributed by atoms with Gasteiger partial charge in [-0.1, -0.05) is 18.2 Å². The number of nitrogens with zero attached hydrogens (tertiary/aromatic N) is 4. The molecule has 0 atom stereocenters. The van der Waals surface area contributed by atoms with Gasteiger partial charge in [0.2, 0.25) is 10.0 Å². The minimum atomic E-state index is -4.59. The number of aromatic hydroxyl groups is 1. The minimum absolute atomic E-state index is 0. The van der Waals surface area contributed by atoms with Crippen molar-refractivity contribution in [3.05, 3.63) is 83.4 Å². The first-order valence-electron chi connectivity index (χ1n) is 11.3. The van der Waals surface area contributed by atoms with E-state index < -0.39 is 36.7 Å². The average Bonchev–Trinajstić information content (AvgIpc) is 2.92. The zero-order chi connectivity index (χ0) is 29.9. The van der Waals surface area contributed by atoms with Crippen molar-refractivity contribution < 1.29 is 62.3 Å². The normalized spacial score (nSPS) is 11.3. The molecule has 0 spiro atoms. The Labute approximate surface area is 263 Å². The Morgan fingerprint density at radius 1 is 0.905 bits per heavy atom. The fourth-order valence-electron chi connectivity index (χ4n) is 3.80. The number of nitriles is 2. The van der Waals surface area contributed by atoms with Crippen LogP contribution in [0.2, 0.25) is 0 Å². The van der Waals surface area contributed by atoms with Gasteiger partial charge < -0.3 is 11.8 Å². The average molecular weight is 615 g/mol. The number of hydrogen-bond acceptors (Lipinski definition) is 10. The summed E-state index contributed by atoms with van der Waals surface area (Å²) < 4.78 is 58.6. The fraction of sp³-hybridized carbons (Fsp3) is 0.0385. The molecule has 0 saturated carbocycles. The van der Waals surface area contributed by atoms with Crippen molar-refractivity contribution in [3.8, 4) is 17.9 Å². The Morgan fingerprint density at radius 2 is 1.60 bits per heavy atom. The second kappa shape index (κ2) is 12.7. The molecule has 0 saturated heterocycles. The van der Waals surface area contributed by atoms with E-state index in [0.29, 0.717) is 0 Å². The zero-order valence-electron chi connectivity index (χ0n) is 22.9. The van der Waals surface area contributed by atoms with Crippen LogP contribution in [0.25, 0.3) is 10.8 Å². The van der Waals surface area contributed by atoms with Gasteiger partial charge >= 0.3 is 29.6 Å². The predicted octanol–water partition coefficient (Wildman–Crippen LogP) is 1.69. The van der Waals surface area contributed by atoms with E-state index in [1.807, 2.05) is 12.1 Å². The SMILES string of the molecule is CS(=O)(=O)Nc1cccc2c(O)c(NC(=O)c3cccc(S(=O)(=O)O)c3)cc(N=Nc3ccc(C#N)c(C#N)c3)c12.[H-].[Na+]. The van der Waals surface area contributed by atoms with Gasteiger partial charge in [-0.25, -0.2) is 8.42 Å². The number of rotatable bonds is 7. The van der Waals surface area contributed by atoms with E-state index in [1.54, 1.807) is 0 Å². The standard InChI is InChI=1S/C26H18N6O7S2.Na.H/c1-40(35,36)32-21-7-3-6-20-24(21)22(31-30-18-9-8-16(13-27)17(10-18)14-28)12-23(25(20)33)29-26(34)15-4-2-5-19(11-15)41(37,38)39;;/h2-12,32-33H,1H3,(H,29,34)(H,37,38,39);;/q;+1;-1. The Morgan fingerprint density at radius 3 is 2.24 bits per heavy atom. The van der Waals surface area contributed by atoms with E-state index >= 15 is 0 Å². The van der Waals surface area contributed by atoms with Gasteiger partial charge in [0, 0.05) is 16.3 Å². The molecule has 0 aliphatic carbocycles. The van der Waals surface area contributed by atoms with Gasteiger partial charge in [0.1, 0.15) is 17.9 Å². The summed E-state index contributed by atoms with van der Waals surface area (Å²) in [6.07, 6.45) is 0.933. The predicted molar refractivity (Wildman–Crippen MR) is 149 cm³/mol. The molecule has 4 N–H and O–H groups in total. The first-order valence-corrected chi connectivity index (χ1v) is 14.7. The smallest absolute Gasteiger partial charge is 1.00 e. The van der Waals surface area contributed by atoms with E-state index in [9.17, 15) is 36.6 Å². The number of anilines is 2. The number of azo groups is 1. The summed E-state index contributed by atoms with van der Waals surface area (Å²) in [6, 6.07) is 18.0.